The second-order valence-electron chi connectivity index (χ2n) is 5.67. The predicted molar refractivity (Wildman–Crippen MR) is 98.0 cm³/mol. The molecule has 0 aliphatic carbocycles. The summed E-state index contributed by atoms with van der Waals surface area (Å²) >= 11 is 0. The van der Waals surface area contributed by atoms with Crippen LogP contribution in [0.4, 0.5) is 5.69 Å². The minimum atomic E-state index is -1.20. The molecule has 0 fully saturated rings. The zero-order valence-electron chi connectivity index (χ0n) is 13.2. The van der Waals surface area contributed by atoms with Gasteiger partial charge in [-0.05, 0) is 28.5 Å². The molecular weight excluding hydrogens is 298 g/mol. The first-order valence-electron chi connectivity index (χ1n) is 7.84. The fourth-order valence-corrected chi connectivity index (χ4v) is 2.76. The third-order valence-corrected chi connectivity index (χ3v) is 4.06. The number of carbonyl (C=O) groups excluding carboxylic acids is 1. The van der Waals surface area contributed by atoms with E-state index < -0.39 is 17.9 Å². The zero-order chi connectivity index (χ0) is 16.9. The number of carbonyl (C=O) groups is 1. The van der Waals surface area contributed by atoms with Crippen LogP contribution < -0.4 is 5.32 Å². The van der Waals surface area contributed by atoms with E-state index in [9.17, 15) is 9.90 Å². The smallest absolute Gasteiger partial charge is 0.254 e. The highest BCUT2D eigenvalue weighted by molar-refractivity contribution is 5.95. The van der Waals surface area contributed by atoms with Crippen molar-refractivity contribution in [2.45, 2.75) is 12.0 Å². The maximum absolute atomic E-state index is 12.3. The fourth-order valence-electron chi connectivity index (χ4n) is 2.76. The second-order valence-corrected chi connectivity index (χ2v) is 5.67. The van der Waals surface area contributed by atoms with E-state index in [1.807, 2.05) is 60.7 Å². The fraction of sp³-hybridized carbons (Fsp3) is 0.0952. The maximum atomic E-state index is 12.3. The van der Waals surface area contributed by atoms with Crippen LogP contribution in [0.25, 0.3) is 10.8 Å². The Bertz CT molecular complexity index is 858. The lowest BCUT2D eigenvalue weighted by molar-refractivity contribution is -0.124. The molecule has 0 saturated heterocycles. The summed E-state index contributed by atoms with van der Waals surface area (Å²) in [6.07, 6.45) is 0.406. The van der Waals surface area contributed by atoms with Crippen LogP contribution in [0.5, 0.6) is 0 Å². The molecule has 2 N–H and O–H groups in total. The van der Waals surface area contributed by atoms with Gasteiger partial charge in [0.2, 0.25) is 0 Å². The topological polar surface area (TPSA) is 49.3 Å². The minimum Gasteiger partial charge on any atom is -0.382 e. The van der Waals surface area contributed by atoms with Crippen molar-refractivity contribution in [3.8, 4) is 0 Å². The number of nitrogens with one attached hydrogen (secondary N) is 1. The number of hydrogen-bond donors (Lipinski definition) is 2. The first-order chi connectivity index (χ1) is 11.7. The number of hydrogen-bond acceptors (Lipinski definition) is 2. The van der Waals surface area contributed by atoms with Gasteiger partial charge in [0, 0.05) is 11.6 Å². The number of aliphatic hydroxyl groups is 1. The van der Waals surface area contributed by atoms with Crippen LogP contribution in [0.3, 0.4) is 0 Å². The minimum absolute atomic E-state index is 0.445. The van der Waals surface area contributed by atoms with Gasteiger partial charge in [0.1, 0.15) is 6.10 Å². The molecule has 0 aromatic heterocycles. The molecule has 0 bridgehead atoms. The van der Waals surface area contributed by atoms with E-state index in [-0.39, 0.29) is 0 Å². The molecule has 0 saturated carbocycles. The van der Waals surface area contributed by atoms with Crippen LogP contribution in [0.2, 0.25) is 0 Å². The Morgan fingerprint density at radius 1 is 0.958 bits per heavy atom. The van der Waals surface area contributed by atoms with Crippen molar-refractivity contribution in [2.24, 2.45) is 0 Å². The van der Waals surface area contributed by atoms with E-state index in [0.29, 0.717) is 5.69 Å². The summed E-state index contributed by atoms with van der Waals surface area (Å²) < 4.78 is 0. The van der Waals surface area contributed by atoms with Crippen LogP contribution >= 0.6 is 0 Å². The molecule has 0 spiro atoms. The Balaban J connectivity index is 1.83. The molecule has 2 atom stereocenters. The summed E-state index contributed by atoms with van der Waals surface area (Å²) in [6, 6.07) is 23.0. The number of benzene rings is 3. The summed E-state index contributed by atoms with van der Waals surface area (Å²) in [5.74, 6) is -0.919. The van der Waals surface area contributed by atoms with Crippen LogP contribution in [0.1, 0.15) is 11.5 Å². The van der Waals surface area contributed by atoms with Gasteiger partial charge < -0.3 is 10.4 Å². The molecule has 3 heteroatoms. The monoisotopic (exact) mass is 317 g/mol. The van der Waals surface area contributed by atoms with Crippen LogP contribution in [0.15, 0.2) is 85.5 Å². The first-order valence-corrected chi connectivity index (χ1v) is 7.84. The van der Waals surface area contributed by atoms with Crippen molar-refractivity contribution in [2.75, 3.05) is 5.32 Å². The highest BCUT2D eigenvalue weighted by atomic mass is 16.3. The summed E-state index contributed by atoms with van der Waals surface area (Å²) in [5.41, 5.74) is 1.52. The van der Waals surface area contributed by atoms with Crippen molar-refractivity contribution < 1.29 is 9.90 Å². The third kappa shape index (κ3) is 3.36. The van der Waals surface area contributed by atoms with E-state index in [0.717, 1.165) is 16.3 Å². The van der Waals surface area contributed by atoms with E-state index >= 15 is 0 Å². The van der Waals surface area contributed by atoms with E-state index in [4.69, 9.17) is 0 Å². The van der Waals surface area contributed by atoms with Crippen molar-refractivity contribution >= 4 is 22.4 Å². The maximum Gasteiger partial charge on any atom is 0.254 e. The lowest BCUT2D eigenvalue weighted by Gasteiger charge is -2.20. The van der Waals surface area contributed by atoms with Gasteiger partial charge in [-0.2, -0.15) is 0 Å². The van der Waals surface area contributed by atoms with Gasteiger partial charge in [-0.25, -0.2) is 0 Å². The number of rotatable bonds is 5. The molecule has 0 unspecified atom stereocenters. The van der Waals surface area contributed by atoms with Gasteiger partial charge in [0.05, 0.1) is 0 Å². The lowest BCUT2D eigenvalue weighted by atomic mass is 9.91. The highest BCUT2D eigenvalue weighted by Gasteiger charge is 2.25. The van der Waals surface area contributed by atoms with E-state index in [1.165, 1.54) is 0 Å². The Labute approximate surface area is 141 Å². The van der Waals surface area contributed by atoms with Crippen molar-refractivity contribution in [3.05, 3.63) is 91.0 Å². The average molecular weight is 317 g/mol. The van der Waals surface area contributed by atoms with E-state index in [2.05, 4.69) is 11.9 Å². The molecular formula is C21H19NO2. The van der Waals surface area contributed by atoms with Crippen molar-refractivity contribution in [1.29, 1.82) is 0 Å². The molecule has 0 heterocycles. The quantitative estimate of drug-likeness (QED) is 0.696. The molecule has 3 aromatic carbocycles. The molecule has 3 rings (SSSR count). The van der Waals surface area contributed by atoms with Gasteiger partial charge in [0.25, 0.3) is 5.91 Å². The van der Waals surface area contributed by atoms with Gasteiger partial charge in [-0.15, -0.1) is 6.58 Å². The van der Waals surface area contributed by atoms with Gasteiger partial charge in [0.15, 0.2) is 0 Å². The molecule has 24 heavy (non-hydrogen) atoms. The largest absolute Gasteiger partial charge is 0.382 e. The third-order valence-electron chi connectivity index (χ3n) is 4.06. The SMILES string of the molecule is C=C[C@H](c1ccc2ccccc2c1)[C@H](O)C(=O)Nc1ccccc1. The Hall–Kier alpha value is -2.91. The summed E-state index contributed by atoms with van der Waals surface area (Å²) in [4.78, 5) is 12.3. The Kier molecular flexibility index (Phi) is 4.73. The number of fused-ring (bicyclic) bond motifs is 1. The van der Waals surface area contributed by atoms with Crippen LogP contribution in [-0.4, -0.2) is 17.1 Å². The van der Waals surface area contributed by atoms with Crippen LogP contribution in [0, 0.1) is 0 Å². The molecule has 0 radical (unpaired) electrons. The molecule has 120 valence electrons. The summed E-state index contributed by atoms with van der Waals surface area (Å²) in [6.45, 7) is 3.79. The lowest BCUT2D eigenvalue weighted by Crippen LogP contribution is -2.32. The highest BCUT2D eigenvalue weighted by Crippen LogP contribution is 2.26. The summed E-state index contributed by atoms with van der Waals surface area (Å²) in [7, 11) is 0. The summed E-state index contributed by atoms with van der Waals surface area (Å²) in [5, 5.41) is 15.4. The van der Waals surface area contributed by atoms with Gasteiger partial charge >= 0.3 is 0 Å². The van der Waals surface area contributed by atoms with Crippen molar-refractivity contribution in [3.63, 3.8) is 0 Å². The Morgan fingerprint density at radius 3 is 2.33 bits per heavy atom. The molecule has 0 aliphatic rings. The Morgan fingerprint density at radius 2 is 1.62 bits per heavy atom. The number of para-hydroxylation sites is 1. The number of aliphatic hydroxyl groups excluding tert-OH is 1. The predicted octanol–water partition coefficient (Wildman–Crippen LogP) is 4.11. The van der Waals surface area contributed by atoms with Crippen molar-refractivity contribution in [1.82, 2.24) is 0 Å². The van der Waals surface area contributed by atoms with E-state index in [1.54, 1.807) is 18.2 Å². The molecule has 0 aliphatic heterocycles. The zero-order valence-corrected chi connectivity index (χ0v) is 13.2. The number of anilines is 1. The normalized spacial score (nSPS) is 13.2. The second kappa shape index (κ2) is 7.11. The first kappa shape index (κ1) is 16.0. The average Bonchev–Trinajstić information content (AvgIpc) is 2.63. The number of amides is 1. The van der Waals surface area contributed by atoms with Crippen LogP contribution in [-0.2, 0) is 4.79 Å². The standard InChI is InChI=1S/C21H19NO2/c1-2-19(17-13-12-15-8-6-7-9-16(15)14-17)20(23)21(24)22-18-10-4-3-5-11-18/h2-14,19-20,23H,1H2,(H,22,24)/t19-,20+/m1/s1. The van der Waals surface area contributed by atoms with Gasteiger partial charge in [-0.3, -0.25) is 4.79 Å². The van der Waals surface area contributed by atoms with Gasteiger partial charge in [-0.1, -0.05) is 66.7 Å². The molecule has 1 amide bonds. The molecule has 3 aromatic rings. The molecule has 3 nitrogen and oxygen atoms in total.